The van der Waals surface area contributed by atoms with Gasteiger partial charge in [0.2, 0.25) is 5.91 Å². The van der Waals surface area contributed by atoms with Gasteiger partial charge in [-0.1, -0.05) is 62.4 Å². The molecule has 2 aromatic rings. The van der Waals surface area contributed by atoms with Crippen LogP contribution in [0.5, 0.6) is 0 Å². The lowest BCUT2D eigenvalue weighted by Gasteiger charge is -2.28. The first kappa shape index (κ1) is 24.3. The maximum absolute atomic E-state index is 12.7. The van der Waals surface area contributed by atoms with Crippen molar-refractivity contribution in [3.63, 3.8) is 0 Å². The van der Waals surface area contributed by atoms with Crippen LogP contribution in [0.25, 0.3) is 11.1 Å². The second-order valence-corrected chi connectivity index (χ2v) is 8.45. The van der Waals surface area contributed by atoms with Crippen molar-refractivity contribution >= 4 is 18.0 Å². The van der Waals surface area contributed by atoms with Crippen LogP contribution in [0, 0.1) is 0 Å². The van der Waals surface area contributed by atoms with Crippen molar-refractivity contribution in [3.8, 4) is 11.1 Å². The fourth-order valence-electron chi connectivity index (χ4n) is 4.29. The fourth-order valence-corrected chi connectivity index (χ4v) is 4.29. The van der Waals surface area contributed by atoms with Gasteiger partial charge in [0.25, 0.3) is 0 Å². The largest absolute Gasteiger partial charge is 0.480 e. The highest BCUT2D eigenvalue weighted by Gasteiger charge is 2.30. The van der Waals surface area contributed by atoms with Gasteiger partial charge in [0.15, 0.2) is 0 Å². The van der Waals surface area contributed by atoms with Gasteiger partial charge < -0.3 is 20.1 Å². The number of rotatable bonds is 10. The van der Waals surface area contributed by atoms with Crippen molar-refractivity contribution in [2.24, 2.45) is 0 Å². The Balaban J connectivity index is 1.61. The summed E-state index contributed by atoms with van der Waals surface area (Å²) in [5.41, 5.74) is 4.57. The van der Waals surface area contributed by atoms with E-state index in [0.29, 0.717) is 12.8 Å². The number of carboxylic acid groups (broad SMARTS) is 1. The van der Waals surface area contributed by atoms with Gasteiger partial charge in [0.1, 0.15) is 13.2 Å². The van der Waals surface area contributed by atoms with E-state index >= 15 is 0 Å². The molecule has 2 atom stereocenters. The van der Waals surface area contributed by atoms with E-state index in [1.165, 1.54) is 4.90 Å². The molecule has 0 aliphatic heterocycles. The van der Waals surface area contributed by atoms with Gasteiger partial charge in [-0.3, -0.25) is 9.59 Å². The summed E-state index contributed by atoms with van der Waals surface area (Å²) in [7, 11) is 0. The lowest BCUT2D eigenvalue weighted by Crippen LogP contribution is -2.45. The van der Waals surface area contributed by atoms with E-state index < -0.39 is 18.1 Å². The van der Waals surface area contributed by atoms with Crippen molar-refractivity contribution in [3.05, 3.63) is 59.7 Å². The van der Waals surface area contributed by atoms with Gasteiger partial charge in [-0.25, -0.2) is 4.79 Å². The minimum absolute atomic E-state index is 0.0261. The Morgan fingerprint density at radius 2 is 1.58 bits per heavy atom. The average molecular weight is 453 g/mol. The minimum Gasteiger partial charge on any atom is -0.480 e. The fraction of sp³-hybridized carbons (Fsp3) is 0.423. The Morgan fingerprint density at radius 1 is 1.00 bits per heavy atom. The molecule has 2 aromatic carbocycles. The van der Waals surface area contributed by atoms with Gasteiger partial charge in [-0.15, -0.1) is 0 Å². The first-order valence-corrected chi connectivity index (χ1v) is 11.5. The standard InChI is InChI=1S/C26H32N2O5/c1-4-17(3)28(15-25(30)31)24(29)14-18(5-2)27-26(32)33-16-23-21-12-8-6-10-19(21)20-11-7-9-13-22(20)23/h6-13,17-18,23H,4-5,14-16H2,1-3H3,(H,27,32)(H,30,31). The molecular weight excluding hydrogens is 420 g/mol. The molecule has 0 heterocycles. The van der Waals surface area contributed by atoms with E-state index in [4.69, 9.17) is 9.84 Å². The molecule has 2 N–H and O–H groups in total. The monoisotopic (exact) mass is 452 g/mol. The summed E-state index contributed by atoms with van der Waals surface area (Å²) in [5.74, 6) is -1.39. The SMILES string of the molecule is CCC(CC(=O)N(CC(=O)O)C(C)CC)NC(=O)OCC1c2ccccc2-c2ccccc21. The number of fused-ring (bicyclic) bond motifs is 3. The molecule has 1 aliphatic carbocycles. The maximum Gasteiger partial charge on any atom is 0.407 e. The Kier molecular flexibility index (Phi) is 8.09. The number of carbonyl (C=O) groups is 3. The Hall–Kier alpha value is -3.35. The molecule has 0 saturated heterocycles. The highest BCUT2D eigenvalue weighted by molar-refractivity contribution is 5.82. The number of benzene rings is 2. The second-order valence-electron chi connectivity index (χ2n) is 8.45. The quantitative estimate of drug-likeness (QED) is 0.557. The average Bonchev–Trinajstić information content (AvgIpc) is 3.13. The molecule has 176 valence electrons. The molecule has 7 nitrogen and oxygen atoms in total. The molecule has 33 heavy (non-hydrogen) atoms. The van der Waals surface area contributed by atoms with E-state index in [1.807, 2.05) is 45.0 Å². The molecule has 2 amide bonds. The number of carbonyl (C=O) groups excluding carboxylic acids is 2. The van der Waals surface area contributed by atoms with Crippen molar-refractivity contribution in [2.45, 2.75) is 58.0 Å². The Bertz CT molecular complexity index is 960. The Morgan fingerprint density at radius 3 is 2.09 bits per heavy atom. The molecule has 0 radical (unpaired) electrons. The van der Waals surface area contributed by atoms with Crippen LogP contribution in [-0.4, -0.2) is 53.2 Å². The molecule has 0 fully saturated rings. The van der Waals surface area contributed by atoms with Gasteiger partial charge in [-0.05, 0) is 42.0 Å². The number of aliphatic carboxylic acids is 1. The summed E-state index contributed by atoms with van der Waals surface area (Å²) >= 11 is 0. The van der Waals surface area contributed by atoms with Crippen LogP contribution >= 0.6 is 0 Å². The Labute approximate surface area is 194 Å². The summed E-state index contributed by atoms with van der Waals surface area (Å²) in [5, 5.41) is 11.9. The molecule has 0 aromatic heterocycles. The van der Waals surface area contributed by atoms with Crippen LogP contribution in [0.2, 0.25) is 0 Å². The molecule has 3 rings (SSSR count). The van der Waals surface area contributed by atoms with Crippen LogP contribution in [0.15, 0.2) is 48.5 Å². The van der Waals surface area contributed by atoms with Crippen LogP contribution < -0.4 is 5.32 Å². The van der Waals surface area contributed by atoms with E-state index in [2.05, 4.69) is 29.6 Å². The second kappa shape index (κ2) is 11.0. The topological polar surface area (TPSA) is 95.9 Å². The van der Waals surface area contributed by atoms with Crippen LogP contribution in [0.1, 0.15) is 57.1 Å². The zero-order valence-corrected chi connectivity index (χ0v) is 19.4. The van der Waals surface area contributed by atoms with Crippen molar-refractivity contribution < 1.29 is 24.2 Å². The van der Waals surface area contributed by atoms with Gasteiger partial charge >= 0.3 is 12.1 Å². The normalized spacial score (nSPS) is 14.0. The smallest absolute Gasteiger partial charge is 0.407 e. The number of alkyl carbamates (subject to hydrolysis) is 1. The molecule has 0 saturated carbocycles. The van der Waals surface area contributed by atoms with Gasteiger partial charge in [0, 0.05) is 24.4 Å². The maximum atomic E-state index is 12.7. The number of hydrogen-bond donors (Lipinski definition) is 2. The first-order chi connectivity index (χ1) is 15.8. The zero-order valence-electron chi connectivity index (χ0n) is 19.4. The lowest BCUT2D eigenvalue weighted by molar-refractivity contribution is -0.146. The minimum atomic E-state index is -1.05. The number of ether oxygens (including phenoxy) is 1. The highest BCUT2D eigenvalue weighted by Crippen LogP contribution is 2.44. The summed E-state index contributed by atoms with van der Waals surface area (Å²) in [6, 6.07) is 15.6. The molecule has 1 aliphatic rings. The van der Waals surface area contributed by atoms with E-state index in [-0.39, 0.29) is 37.4 Å². The third kappa shape index (κ3) is 5.72. The van der Waals surface area contributed by atoms with Crippen LogP contribution in [0.4, 0.5) is 4.79 Å². The van der Waals surface area contributed by atoms with Crippen LogP contribution in [0.3, 0.4) is 0 Å². The third-order valence-electron chi connectivity index (χ3n) is 6.33. The molecule has 0 bridgehead atoms. The molecule has 7 heteroatoms. The lowest BCUT2D eigenvalue weighted by atomic mass is 9.98. The summed E-state index contributed by atoms with van der Waals surface area (Å²) in [6.45, 7) is 5.43. The zero-order chi connectivity index (χ0) is 24.0. The molecular formula is C26H32N2O5. The van der Waals surface area contributed by atoms with Crippen molar-refractivity contribution in [1.29, 1.82) is 0 Å². The summed E-state index contributed by atoms with van der Waals surface area (Å²) in [6.07, 6.45) is 0.621. The number of nitrogens with zero attached hydrogens (tertiary/aromatic N) is 1. The van der Waals surface area contributed by atoms with Crippen LogP contribution in [-0.2, 0) is 14.3 Å². The van der Waals surface area contributed by atoms with E-state index in [1.54, 1.807) is 0 Å². The molecule has 2 unspecified atom stereocenters. The summed E-state index contributed by atoms with van der Waals surface area (Å²) < 4.78 is 5.58. The number of carboxylic acids is 1. The third-order valence-corrected chi connectivity index (χ3v) is 6.33. The first-order valence-electron chi connectivity index (χ1n) is 11.5. The van der Waals surface area contributed by atoms with Crippen molar-refractivity contribution in [1.82, 2.24) is 10.2 Å². The number of amides is 2. The predicted octanol–water partition coefficient (Wildman–Crippen LogP) is 4.41. The van der Waals surface area contributed by atoms with Gasteiger partial charge in [-0.2, -0.15) is 0 Å². The van der Waals surface area contributed by atoms with Crippen molar-refractivity contribution in [2.75, 3.05) is 13.2 Å². The number of nitrogens with one attached hydrogen (secondary N) is 1. The summed E-state index contributed by atoms with van der Waals surface area (Å²) in [4.78, 5) is 37.8. The van der Waals surface area contributed by atoms with E-state index in [9.17, 15) is 14.4 Å². The van der Waals surface area contributed by atoms with Gasteiger partial charge in [0.05, 0.1) is 0 Å². The highest BCUT2D eigenvalue weighted by atomic mass is 16.5. The predicted molar refractivity (Wildman–Crippen MR) is 126 cm³/mol. The molecule has 0 spiro atoms. The number of hydrogen-bond acceptors (Lipinski definition) is 4. The van der Waals surface area contributed by atoms with E-state index in [0.717, 1.165) is 22.3 Å².